The van der Waals surface area contributed by atoms with Crippen LogP contribution in [-0.2, 0) is 0 Å². The van der Waals surface area contributed by atoms with E-state index in [9.17, 15) is 13.2 Å². The van der Waals surface area contributed by atoms with Crippen molar-refractivity contribution >= 4 is 15.9 Å². The molecule has 1 aliphatic rings. The number of hydrogen-bond acceptors (Lipinski definition) is 1. The van der Waals surface area contributed by atoms with E-state index in [1.807, 2.05) is 12.1 Å². The predicted octanol–water partition coefficient (Wildman–Crippen LogP) is 6.76. The van der Waals surface area contributed by atoms with Gasteiger partial charge in [-0.2, -0.15) is 8.78 Å². The molecule has 5 heteroatoms. The van der Waals surface area contributed by atoms with Gasteiger partial charge < -0.3 is 4.74 Å². The largest absolute Gasteiger partial charge is 0.432 e. The summed E-state index contributed by atoms with van der Waals surface area (Å²) in [6.45, 7) is -3.03. The summed E-state index contributed by atoms with van der Waals surface area (Å²) >= 11 is 3.57. The van der Waals surface area contributed by atoms with E-state index in [1.165, 1.54) is 43.4 Å². The summed E-state index contributed by atoms with van der Waals surface area (Å²) in [4.78, 5) is 0. The molecule has 1 nitrogen and oxygen atoms in total. The normalized spacial score (nSPS) is 20.7. The Morgan fingerprint density at radius 3 is 2.16 bits per heavy atom. The van der Waals surface area contributed by atoms with Crippen LogP contribution in [-0.4, -0.2) is 11.9 Å². The molecule has 1 fully saturated rings. The van der Waals surface area contributed by atoms with Crippen molar-refractivity contribution in [3.05, 3.63) is 53.8 Å². The summed E-state index contributed by atoms with van der Waals surface area (Å²) < 4.78 is 42.4. The van der Waals surface area contributed by atoms with Crippen LogP contribution in [0.15, 0.2) is 42.5 Å². The van der Waals surface area contributed by atoms with E-state index in [1.54, 1.807) is 6.07 Å². The Labute approximate surface area is 154 Å². The van der Waals surface area contributed by atoms with E-state index in [0.29, 0.717) is 11.5 Å². The first-order valence-electron chi connectivity index (χ1n) is 8.47. The van der Waals surface area contributed by atoms with Gasteiger partial charge in [-0.3, -0.25) is 0 Å². The van der Waals surface area contributed by atoms with Crippen LogP contribution < -0.4 is 4.74 Å². The number of halogens is 4. The minimum absolute atomic E-state index is 0.432. The molecule has 0 bridgehead atoms. The van der Waals surface area contributed by atoms with E-state index in [4.69, 9.17) is 0 Å². The summed E-state index contributed by atoms with van der Waals surface area (Å²) in [5, 5.41) is 1.08. The van der Waals surface area contributed by atoms with Gasteiger partial charge in [-0.05, 0) is 66.3 Å². The van der Waals surface area contributed by atoms with Gasteiger partial charge in [0.2, 0.25) is 0 Å². The zero-order valence-corrected chi connectivity index (χ0v) is 15.3. The lowest BCUT2D eigenvalue weighted by atomic mass is 9.79. The molecule has 3 rings (SSSR count). The van der Waals surface area contributed by atoms with Crippen molar-refractivity contribution in [3.63, 3.8) is 0 Å². The van der Waals surface area contributed by atoms with Crippen molar-refractivity contribution in [2.75, 3.05) is 5.33 Å². The molecule has 0 saturated heterocycles. The molecule has 0 heterocycles. The topological polar surface area (TPSA) is 9.23 Å². The van der Waals surface area contributed by atoms with Crippen molar-refractivity contribution in [3.8, 4) is 16.9 Å². The standard InChI is InChI=1S/C20H20BrF3O/c21-12-13-1-3-14(4-2-13)15-5-7-16(8-6-15)17-9-10-19(18(22)11-17)25-20(23)24/h5-11,13-14,20H,1-4,12H2. The van der Waals surface area contributed by atoms with E-state index in [2.05, 4.69) is 32.8 Å². The van der Waals surface area contributed by atoms with Crippen LogP contribution in [0.4, 0.5) is 13.2 Å². The Kier molecular flexibility index (Phi) is 6.05. The molecule has 0 aliphatic heterocycles. The molecule has 1 aliphatic carbocycles. The third kappa shape index (κ3) is 4.57. The smallest absolute Gasteiger partial charge is 0.387 e. The number of alkyl halides is 3. The molecule has 0 aromatic heterocycles. The molecule has 0 unspecified atom stereocenters. The van der Waals surface area contributed by atoms with Gasteiger partial charge in [-0.15, -0.1) is 0 Å². The van der Waals surface area contributed by atoms with E-state index >= 15 is 0 Å². The first-order valence-corrected chi connectivity index (χ1v) is 9.59. The first-order chi connectivity index (χ1) is 12.1. The molecule has 0 amide bonds. The second-order valence-corrected chi connectivity index (χ2v) is 7.17. The molecule has 0 spiro atoms. The van der Waals surface area contributed by atoms with Crippen molar-refractivity contribution in [2.24, 2.45) is 5.92 Å². The van der Waals surface area contributed by atoms with Gasteiger partial charge in [0.25, 0.3) is 0 Å². The second kappa shape index (κ2) is 8.26. The zero-order chi connectivity index (χ0) is 17.8. The van der Waals surface area contributed by atoms with Gasteiger partial charge in [0.15, 0.2) is 11.6 Å². The Hall–Kier alpha value is -1.49. The number of rotatable bonds is 5. The maximum absolute atomic E-state index is 13.9. The van der Waals surface area contributed by atoms with Crippen LogP contribution in [0.3, 0.4) is 0 Å². The molecule has 0 radical (unpaired) electrons. The van der Waals surface area contributed by atoms with Crippen LogP contribution in [0, 0.1) is 11.7 Å². The Bertz CT molecular complexity index is 695. The lowest BCUT2D eigenvalue weighted by molar-refractivity contribution is -0.0521. The number of hydrogen-bond donors (Lipinski definition) is 0. The van der Waals surface area contributed by atoms with Crippen molar-refractivity contribution in [1.29, 1.82) is 0 Å². The summed E-state index contributed by atoms with van der Waals surface area (Å²) in [7, 11) is 0. The van der Waals surface area contributed by atoms with Crippen LogP contribution in [0.2, 0.25) is 0 Å². The van der Waals surface area contributed by atoms with Crippen molar-refractivity contribution in [1.82, 2.24) is 0 Å². The highest BCUT2D eigenvalue weighted by Crippen LogP contribution is 2.37. The minimum atomic E-state index is -3.03. The van der Waals surface area contributed by atoms with Gasteiger partial charge in [0.05, 0.1) is 0 Å². The fraction of sp³-hybridized carbons (Fsp3) is 0.400. The van der Waals surface area contributed by atoms with Gasteiger partial charge in [0.1, 0.15) is 0 Å². The quantitative estimate of drug-likeness (QED) is 0.492. The highest BCUT2D eigenvalue weighted by atomic mass is 79.9. The summed E-state index contributed by atoms with van der Waals surface area (Å²) in [6.07, 6.45) is 4.89. The third-order valence-corrected chi connectivity index (χ3v) is 5.84. The van der Waals surface area contributed by atoms with Gasteiger partial charge >= 0.3 is 6.61 Å². The molecule has 2 aromatic rings. The molecular weight excluding hydrogens is 393 g/mol. The summed E-state index contributed by atoms with van der Waals surface area (Å²) in [5.41, 5.74) is 2.82. The third-order valence-electron chi connectivity index (χ3n) is 4.93. The zero-order valence-electron chi connectivity index (χ0n) is 13.7. The molecular formula is C20H20BrF3O. The molecule has 134 valence electrons. The van der Waals surface area contributed by atoms with E-state index < -0.39 is 18.2 Å². The lowest BCUT2D eigenvalue weighted by Gasteiger charge is -2.27. The molecule has 0 atom stereocenters. The van der Waals surface area contributed by atoms with Crippen LogP contribution in [0.25, 0.3) is 11.1 Å². The van der Waals surface area contributed by atoms with Gasteiger partial charge in [-0.25, -0.2) is 4.39 Å². The fourth-order valence-corrected chi connectivity index (χ4v) is 4.12. The van der Waals surface area contributed by atoms with Gasteiger partial charge in [0, 0.05) is 5.33 Å². The monoisotopic (exact) mass is 412 g/mol. The second-order valence-electron chi connectivity index (χ2n) is 6.52. The first kappa shape index (κ1) is 18.3. The number of ether oxygens (including phenoxy) is 1. The molecule has 0 N–H and O–H groups in total. The predicted molar refractivity (Wildman–Crippen MR) is 97.0 cm³/mol. The van der Waals surface area contributed by atoms with Crippen molar-refractivity contribution < 1.29 is 17.9 Å². The van der Waals surface area contributed by atoms with Crippen molar-refractivity contribution in [2.45, 2.75) is 38.2 Å². The Balaban J connectivity index is 1.71. The molecule has 1 saturated carbocycles. The Morgan fingerprint density at radius 1 is 0.960 bits per heavy atom. The maximum atomic E-state index is 13.9. The van der Waals surface area contributed by atoms with Crippen LogP contribution in [0.5, 0.6) is 5.75 Å². The minimum Gasteiger partial charge on any atom is -0.432 e. The van der Waals surface area contributed by atoms with Crippen LogP contribution in [0.1, 0.15) is 37.2 Å². The maximum Gasteiger partial charge on any atom is 0.387 e. The average Bonchev–Trinajstić information content (AvgIpc) is 2.63. The molecule has 25 heavy (non-hydrogen) atoms. The average molecular weight is 413 g/mol. The lowest BCUT2D eigenvalue weighted by Crippen LogP contribution is -2.14. The Morgan fingerprint density at radius 2 is 1.60 bits per heavy atom. The fourth-order valence-electron chi connectivity index (χ4n) is 3.47. The van der Waals surface area contributed by atoms with Crippen LogP contribution >= 0.6 is 15.9 Å². The SMILES string of the molecule is Fc1cc(-c2ccc(C3CCC(CBr)CC3)cc2)ccc1OC(F)F. The number of benzene rings is 2. The summed E-state index contributed by atoms with van der Waals surface area (Å²) in [6, 6.07) is 12.2. The molecule has 2 aromatic carbocycles. The highest BCUT2D eigenvalue weighted by Gasteiger charge is 2.21. The van der Waals surface area contributed by atoms with E-state index in [-0.39, 0.29) is 0 Å². The highest BCUT2D eigenvalue weighted by molar-refractivity contribution is 9.09. The van der Waals surface area contributed by atoms with Gasteiger partial charge in [-0.1, -0.05) is 46.3 Å². The summed E-state index contributed by atoms with van der Waals surface area (Å²) in [5.74, 6) is 0.157. The van der Waals surface area contributed by atoms with E-state index in [0.717, 1.165) is 16.8 Å².